The van der Waals surface area contributed by atoms with E-state index in [2.05, 4.69) is 25.7 Å². The van der Waals surface area contributed by atoms with Crippen LogP contribution in [0.25, 0.3) is 0 Å². The molecule has 1 aromatic carbocycles. The van der Waals surface area contributed by atoms with Gasteiger partial charge in [0.05, 0.1) is 10.5 Å². The Morgan fingerprint density at radius 3 is 1.68 bits per heavy atom. The first kappa shape index (κ1) is 23.0. The van der Waals surface area contributed by atoms with Gasteiger partial charge >= 0.3 is 18.0 Å². The molecule has 0 aliphatic heterocycles. The molecule has 1 rings (SSSR count). The molecule has 0 aliphatic rings. The van der Waals surface area contributed by atoms with Crippen LogP contribution >= 0.6 is 0 Å². The zero-order valence-electron chi connectivity index (χ0n) is 13.7. The molecule has 1 N–H and O–H groups in total. The van der Waals surface area contributed by atoms with Gasteiger partial charge in [-0.25, -0.2) is 0 Å². The highest BCUT2D eigenvalue weighted by Gasteiger charge is 2.42. The summed E-state index contributed by atoms with van der Waals surface area (Å²) in [5.74, 6) is -1.85. The minimum atomic E-state index is -5.34. The van der Waals surface area contributed by atoms with Crippen LogP contribution in [-0.2, 0) is 12.4 Å². The lowest BCUT2D eigenvalue weighted by molar-refractivity contribution is -0.386. The summed E-state index contributed by atoms with van der Waals surface area (Å²) in [5.41, 5.74) is -5.62. The highest BCUT2D eigenvalue weighted by atomic mass is 19.4. The Morgan fingerprint density at radius 1 is 1.00 bits per heavy atom. The Morgan fingerprint density at radius 2 is 1.44 bits per heavy atom. The third kappa shape index (κ3) is 6.77. The molecule has 0 radical (unpaired) electrons. The monoisotopic (exact) mass is 376 g/mol. The van der Waals surface area contributed by atoms with E-state index in [1.807, 2.05) is 0 Å². The van der Waals surface area contributed by atoms with Crippen molar-refractivity contribution in [1.82, 2.24) is 4.90 Å². The number of hydrogen-bond donors (Lipinski definition) is 1. The molecule has 25 heavy (non-hydrogen) atoms. The smallest absolute Gasteiger partial charge is 0.420 e. The molecule has 0 bridgehead atoms. The summed E-state index contributed by atoms with van der Waals surface area (Å²) in [5, 5.41) is 19.2. The Bertz CT molecular complexity index is 578. The molecule has 0 amide bonds. The van der Waals surface area contributed by atoms with Gasteiger partial charge in [0, 0.05) is 6.07 Å². The van der Waals surface area contributed by atoms with Crippen molar-refractivity contribution < 1.29 is 36.4 Å². The molecule has 0 heterocycles. The quantitative estimate of drug-likeness (QED) is 0.471. The zero-order valence-corrected chi connectivity index (χ0v) is 13.7. The average molecular weight is 376 g/mol. The minimum absolute atomic E-state index is 0.162. The molecule has 5 nitrogen and oxygen atoms in total. The first-order valence-electron chi connectivity index (χ1n) is 7.17. The minimum Gasteiger partial charge on any atom is -0.502 e. The Kier molecular flexibility index (Phi) is 8.16. The van der Waals surface area contributed by atoms with Crippen LogP contribution in [0.1, 0.15) is 31.9 Å². The second kappa shape index (κ2) is 8.88. The van der Waals surface area contributed by atoms with Gasteiger partial charge in [0.15, 0.2) is 0 Å². The normalized spacial score (nSPS) is 11.9. The summed E-state index contributed by atoms with van der Waals surface area (Å²) < 4.78 is 73.7. The number of nitrogens with zero attached hydrogens (tertiary/aromatic N) is 2. The van der Waals surface area contributed by atoms with Crippen molar-refractivity contribution in [2.24, 2.45) is 0 Å². The van der Waals surface area contributed by atoms with Gasteiger partial charge < -0.3 is 10.0 Å². The Hall–Kier alpha value is -2.04. The molecule has 144 valence electrons. The fourth-order valence-electron chi connectivity index (χ4n) is 1.81. The third-order valence-electron chi connectivity index (χ3n) is 3.26. The predicted molar refractivity (Wildman–Crippen MR) is 78.2 cm³/mol. The van der Waals surface area contributed by atoms with Gasteiger partial charge in [-0.3, -0.25) is 10.1 Å². The van der Waals surface area contributed by atoms with Crippen LogP contribution in [0.15, 0.2) is 12.1 Å². The van der Waals surface area contributed by atoms with Gasteiger partial charge in [0.2, 0.25) is 5.75 Å². The maximum atomic E-state index is 12.3. The van der Waals surface area contributed by atoms with Gasteiger partial charge in [0.1, 0.15) is 5.56 Å². The van der Waals surface area contributed by atoms with E-state index in [9.17, 15) is 36.5 Å². The van der Waals surface area contributed by atoms with E-state index in [1.165, 1.54) is 19.6 Å². The summed E-state index contributed by atoms with van der Waals surface area (Å²) in [6.07, 6.45) is -10.5. The van der Waals surface area contributed by atoms with Gasteiger partial charge in [-0.1, -0.05) is 20.8 Å². The molecule has 0 aliphatic carbocycles. The lowest BCUT2D eigenvalue weighted by atomic mass is 10.1. The standard InChI is InChI=1S/C8H3F6NO3.C6H15N/c9-7(10,11)3-1-4(8(12,13)14)6(16)5(2-3)15(17)18;1-4-7(5-2)6-3/h1-2,16H;4-6H2,1-3H3. The number of hydrogen-bond acceptors (Lipinski definition) is 4. The second-order valence-corrected chi connectivity index (χ2v) is 4.76. The van der Waals surface area contributed by atoms with Crippen LogP contribution in [0.4, 0.5) is 32.0 Å². The van der Waals surface area contributed by atoms with Crippen LogP contribution in [0, 0.1) is 10.1 Å². The number of benzene rings is 1. The van der Waals surface area contributed by atoms with Crippen molar-refractivity contribution in [3.05, 3.63) is 33.4 Å². The summed E-state index contributed by atoms with van der Waals surface area (Å²) in [6, 6.07) is -0.549. The van der Waals surface area contributed by atoms with E-state index in [-0.39, 0.29) is 12.1 Å². The van der Waals surface area contributed by atoms with Crippen molar-refractivity contribution in [1.29, 1.82) is 0 Å². The van der Waals surface area contributed by atoms with E-state index >= 15 is 0 Å². The third-order valence-corrected chi connectivity index (χ3v) is 3.26. The Labute approximate surface area is 140 Å². The summed E-state index contributed by atoms with van der Waals surface area (Å²) in [6.45, 7) is 10.1. The van der Waals surface area contributed by atoms with Crippen molar-refractivity contribution in [3.8, 4) is 5.75 Å². The largest absolute Gasteiger partial charge is 0.502 e. The van der Waals surface area contributed by atoms with Crippen molar-refractivity contribution in [2.75, 3.05) is 19.6 Å². The first-order chi connectivity index (χ1) is 11.3. The molecule has 0 saturated carbocycles. The zero-order chi connectivity index (χ0) is 20.0. The fourth-order valence-corrected chi connectivity index (χ4v) is 1.81. The summed E-state index contributed by atoms with van der Waals surface area (Å²) in [4.78, 5) is 11.1. The molecule has 0 saturated heterocycles. The molecule has 0 fully saturated rings. The van der Waals surface area contributed by atoms with Gasteiger partial charge in [-0.2, -0.15) is 26.3 Å². The number of nitro benzene ring substituents is 1. The van der Waals surface area contributed by atoms with E-state index in [0.717, 1.165) is 0 Å². The molecular formula is C14H18F6N2O3. The van der Waals surface area contributed by atoms with Gasteiger partial charge in [0.25, 0.3) is 0 Å². The predicted octanol–water partition coefficient (Wildman–Crippen LogP) is 4.69. The highest BCUT2D eigenvalue weighted by molar-refractivity contribution is 5.55. The summed E-state index contributed by atoms with van der Waals surface area (Å²) >= 11 is 0. The number of phenols is 1. The van der Waals surface area contributed by atoms with Crippen LogP contribution in [-0.4, -0.2) is 34.6 Å². The number of rotatable bonds is 4. The van der Waals surface area contributed by atoms with Crippen LogP contribution in [0.3, 0.4) is 0 Å². The fraction of sp³-hybridized carbons (Fsp3) is 0.571. The van der Waals surface area contributed by atoms with Gasteiger partial charge in [-0.15, -0.1) is 0 Å². The first-order valence-corrected chi connectivity index (χ1v) is 7.17. The lowest BCUT2D eigenvalue weighted by Gasteiger charge is -2.13. The lowest BCUT2D eigenvalue weighted by Crippen LogP contribution is -2.21. The number of alkyl halides is 6. The molecule has 0 unspecified atom stereocenters. The SMILES string of the molecule is CCN(CC)CC.O=[N+]([O-])c1cc(C(F)(F)F)cc(C(F)(F)F)c1O. The second-order valence-electron chi connectivity index (χ2n) is 4.76. The van der Waals surface area contributed by atoms with Crippen molar-refractivity contribution in [3.63, 3.8) is 0 Å². The summed E-state index contributed by atoms with van der Waals surface area (Å²) in [7, 11) is 0. The molecule has 0 spiro atoms. The molecule has 11 heteroatoms. The number of phenolic OH excluding ortho intramolecular Hbond substituents is 1. The topological polar surface area (TPSA) is 66.6 Å². The van der Waals surface area contributed by atoms with E-state index in [0.29, 0.717) is 0 Å². The van der Waals surface area contributed by atoms with Crippen molar-refractivity contribution in [2.45, 2.75) is 33.1 Å². The maximum absolute atomic E-state index is 12.3. The molecule has 0 atom stereocenters. The Balaban J connectivity index is 0.000000697. The molecule has 0 aromatic heterocycles. The van der Waals surface area contributed by atoms with Crippen molar-refractivity contribution >= 4 is 5.69 Å². The number of aromatic hydroxyl groups is 1. The van der Waals surface area contributed by atoms with E-state index in [1.54, 1.807) is 0 Å². The van der Waals surface area contributed by atoms with Crippen LogP contribution in [0.5, 0.6) is 5.75 Å². The average Bonchev–Trinajstić information content (AvgIpc) is 2.47. The number of halogens is 6. The van der Waals surface area contributed by atoms with Crippen LogP contribution in [0.2, 0.25) is 0 Å². The maximum Gasteiger partial charge on any atom is 0.420 e. The molecular weight excluding hydrogens is 358 g/mol. The number of nitro groups is 1. The van der Waals surface area contributed by atoms with E-state index in [4.69, 9.17) is 5.11 Å². The highest BCUT2D eigenvalue weighted by Crippen LogP contribution is 2.44. The van der Waals surface area contributed by atoms with Crippen LogP contribution < -0.4 is 0 Å². The van der Waals surface area contributed by atoms with E-state index < -0.39 is 39.8 Å². The van der Waals surface area contributed by atoms with Gasteiger partial charge in [-0.05, 0) is 25.7 Å². The molecule has 1 aromatic rings.